The van der Waals surface area contributed by atoms with Crippen LogP contribution < -0.4 is 9.41 Å². The number of carbonyl (C=O) groups excluding carboxylic acids is 1. The first-order chi connectivity index (χ1) is 8.14. The maximum absolute atomic E-state index is 11.7. The van der Waals surface area contributed by atoms with E-state index >= 15 is 0 Å². The minimum absolute atomic E-state index is 0.00312. The highest BCUT2D eigenvalue weighted by atomic mass is 35.5. The van der Waals surface area contributed by atoms with Crippen molar-refractivity contribution in [2.45, 2.75) is 13.0 Å². The second kappa shape index (κ2) is 5.34. The molecule has 0 aliphatic rings. The van der Waals surface area contributed by atoms with Crippen LogP contribution in [0.25, 0.3) is 0 Å². The van der Waals surface area contributed by atoms with Gasteiger partial charge in [0, 0.05) is 5.02 Å². The van der Waals surface area contributed by atoms with Gasteiger partial charge < -0.3 is 9.90 Å². The number of halogens is 2. The maximum Gasteiger partial charge on any atom is 0.232 e. The summed E-state index contributed by atoms with van der Waals surface area (Å²) in [7, 11) is -3.83. The Bertz CT molecular complexity index is 573. The number of hydrogen-bond acceptors (Lipinski definition) is 4. The first-order valence-electron chi connectivity index (χ1n) is 4.80. The zero-order valence-corrected chi connectivity index (χ0v) is 11.9. The molecule has 0 heterocycles. The molecule has 0 saturated carbocycles. The number of rotatable bonds is 4. The Balaban J connectivity index is 3.45. The molecule has 0 N–H and O–H groups in total. The average molecular weight is 311 g/mol. The summed E-state index contributed by atoms with van der Waals surface area (Å²) in [5.41, 5.74) is 0.00312. The van der Waals surface area contributed by atoms with Gasteiger partial charge in [-0.2, -0.15) is 0 Å². The molecule has 0 amide bonds. The molecule has 0 fully saturated rings. The van der Waals surface area contributed by atoms with Crippen LogP contribution in [-0.4, -0.2) is 26.7 Å². The summed E-state index contributed by atoms with van der Waals surface area (Å²) in [4.78, 5) is 10.9. The molecule has 1 aromatic carbocycles. The summed E-state index contributed by atoms with van der Waals surface area (Å²) < 4.78 is 24.0. The van der Waals surface area contributed by atoms with E-state index in [1.165, 1.54) is 25.1 Å². The van der Waals surface area contributed by atoms with Gasteiger partial charge in [0.15, 0.2) is 0 Å². The van der Waals surface area contributed by atoms with E-state index < -0.39 is 22.0 Å². The Morgan fingerprint density at radius 2 is 1.94 bits per heavy atom. The largest absolute Gasteiger partial charge is 0.548 e. The van der Waals surface area contributed by atoms with E-state index in [0.29, 0.717) is 4.31 Å². The fourth-order valence-corrected chi connectivity index (χ4v) is 3.02. The fraction of sp³-hybridized carbons (Fsp3) is 0.300. The number of carboxylic acids is 1. The van der Waals surface area contributed by atoms with E-state index in [1.807, 2.05) is 0 Å². The fourth-order valence-electron chi connectivity index (χ4n) is 1.42. The van der Waals surface area contributed by atoms with E-state index in [2.05, 4.69) is 0 Å². The molecule has 18 heavy (non-hydrogen) atoms. The molecule has 0 unspecified atom stereocenters. The number of anilines is 1. The second-order valence-corrected chi connectivity index (χ2v) is 6.35. The zero-order chi connectivity index (χ0) is 14.1. The third-order valence-electron chi connectivity index (χ3n) is 2.20. The van der Waals surface area contributed by atoms with Gasteiger partial charge in [-0.3, -0.25) is 4.31 Å². The number of nitrogens with zero attached hydrogens (tertiary/aromatic N) is 1. The van der Waals surface area contributed by atoms with Crippen LogP contribution in [0.2, 0.25) is 10.0 Å². The summed E-state index contributed by atoms with van der Waals surface area (Å²) in [6, 6.07) is 2.75. The zero-order valence-electron chi connectivity index (χ0n) is 9.55. The molecule has 0 radical (unpaired) electrons. The van der Waals surface area contributed by atoms with Crippen LogP contribution in [-0.2, 0) is 14.8 Å². The molecule has 0 saturated heterocycles. The molecular formula is C10H10Cl2NO4S-. The summed E-state index contributed by atoms with van der Waals surface area (Å²) in [5.74, 6) is -1.53. The van der Waals surface area contributed by atoms with Crippen LogP contribution in [0, 0.1) is 0 Å². The summed E-state index contributed by atoms with van der Waals surface area (Å²) >= 11 is 11.6. The maximum atomic E-state index is 11.7. The number of hydrogen-bond donors (Lipinski definition) is 0. The van der Waals surface area contributed by atoms with Crippen molar-refractivity contribution < 1.29 is 18.3 Å². The van der Waals surface area contributed by atoms with Crippen molar-refractivity contribution in [1.29, 1.82) is 0 Å². The van der Waals surface area contributed by atoms with Crippen molar-refractivity contribution in [3.8, 4) is 0 Å². The lowest BCUT2D eigenvalue weighted by atomic mass is 10.2. The van der Waals surface area contributed by atoms with Crippen LogP contribution >= 0.6 is 23.2 Å². The van der Waals surface area contributed by atoms with E-state index in [1.54, 1.807) is 0 Å². The smallest absolute Gasteiger partial charge is 0.232 e. The van der Waals surface area contributed by atoms with Crippen LogP contribution in [0.15, 0.2) is 18.2 Å². The molecule has 1 aromatic rings. The van der Waals surface area contributed by atoms with Gasteiger partial charge in [-0.25, -0.2) is 8.42 Å². The number of aliphatic carboxylic acids is 1. The molecule has 5 nitrogen and oxygen atoms in total. The Labute approximate surface area is 115 Å². The lowest BCUT2D eigenvalue weighted by molar-refractivity contribution is -0.306. The highest BCUT2D eigenvalue weighted by Gasteiger charge is 2.26. The second-order valence-electron chi connectivity index (χ2n) is 3.65. The van der Waals surface area contributed by atoms with Crippen LogP contribution in [0.5, 0.6) is 0 Å². The van der Waals surface area contributed by atoms with Crippen LogP contribution in [0.3, 0.4) is 0 Å². The topological polar surface area (TPSA) is 77.5 Å². The van der Waals surface area contributed by atoms with Crippen LogP contribution in [0.1, 0.15) is 6.92 Å². The third kappa shape index (κ3) is 3.28. The predicted molar refractivity (Wildman–Crippen MR) is 68.3 cm³/mol. The highest BCUT2D eigenvalue weighted by molar-refractivity contribution is 7.92. The quantitative estimate of drug-likeness (QED) is 0.827. The third-order valence-corrected chi connectivity index (χ3v) is 3.98. The minimum atomic E-state index is -3.83. The van der Waals surface area contributed by atoms with Crippen molar-refractivity contribution in [3.05, 3.63) is 28.2 Å². The summed E-state index contributed by atoms with van der Waals surface area (Å²) in [6.07, 6.45) is 0.879. The van der Waals surface area contributed by atoms with Crippen molar-refractivity contribution in [1.82, 2.24) is 0 Å². The number of carbonyl (C=O) groups is 1. The molecule has 0 aliphatic heterocycles. The minimum Gasteiger partial charge on any atom is -0.548 e. The molecule has 100 valence electrons. The molecular weight excluding hydrogens is 301 g/mol. The first kappa shape index (κ1) is 15.1. The Morgan fingerprint density at radius 1 is 1.39 bits per heavy atom. The van der Waals surface area contributed by atoms with E-state index in [9.17, 15) is 18.3 Å². The van der Waals surface area contributed by atoms with Crippen molar-refractivity contribution in [2.24, 2.45) is 0 Å². The average Bonchev–Trinajstić information content (AvgIpc) is 2.21. The lowest BCUT2D eigenvalue weighted by Crippen LogP contribution is -2.49. The van der Waals surface area contributed by atoms with Gasteiger partial charge in [0.2, 0.25) is 10.0 Å². The highest BCUT2D eigenvalue weighted by Crippen LogP contribution is 2.31. The Hall–Kier alpha value is -0.980. The van der Waals surface area contributed by atoms with Crippen LogP contribution in [0.4, 0.5) is 5.69 Å². The monoisotopic (exact) mass is 310 g/mol. The Morgan fingerprint density at radius 3 is 2.39 bits per heavy atom. The van der Waals surface area contributed by atoms with Gasteiger partial charge in [-0.05, 0) is 25.1 Å². The lowest BCUT2D eigenvalue weighted by Gasteiger charge is -2.30. The van der Waals surface area contributed by atoms with Gasteiger partial charge in [-0.1, -0.05) is 23.2 Å². The number of carboxylic acid groups (broad SMARTS) is 1. The van der Waals surface area contributed by atoms with Gasteiger partial charge >= 0.3 is 0 Å². The van der Waals surface area contributed by atoms with E-state index in [4.69, 9.17) is 23.2 Å². The molecule has 1 atom stereocenters. The molecule has 0 aromatic heterocycles. The number of sulfonamides is 1. The summed E-state index contributed by atoms with van der Waals surface area (Å²) in [5, 5.41) is 11.2. The van der Waals surface area contributed by atoms with E-state index in [-0.39, 0.29) is 15.7 Å². The first-order valence-corrected chi connectivity index (χ1v) is 7.40. The standard InChI is InChI=1S/C10H11Cl2NO4S/c1-6(10(14)15)13(18(2,16)17)9-5-7(11)3-4-8(9)12/h3-6H,1-2H3,(H,14,15)/p-1/t6-/m1/s1. The SMILES string of the molecule is C[C@H](C(=O)[O-])N(c1cc(Cl)ccc1Cl)S(C)(=O)=O. The molecule has 0 spiro atoms. The molecule has 8 heteroatoms. The normalized spacial score (nSPS) is 13.1. The molecule has 0 aliphatic carbocycles. The summed E-state index contributed by atoms with van der Waals surface area (Å²) in [6.45, 7) is 1.19. The van der Waals surface area contributed by atoms with Crippen molar-refractivity contribution in [2.75, 3.05) is 10.6 Å². The molecule has 1 rings (SSSR count). The Kier molecular flexibility index (Phi) is 4.47. The van der Waals surface area contributed by atoms with Gasteiger partial charge in [0.25, 0.3) is 0 Å². The number of benzene rings is 1. The van der Waals surface area contributed by atoms with Crippen molar-refractivity contribution >= 4 is 44.9 Å². The van der Waals surface area contributed by atoms with Gasteiger partial charge in [0.1, 0.15) is 0 Å². The predicted octanol–water partition coefficient (Wildman–Crippen LogP) is 0.898. The van der Waals surface area contributed by atoms with Crippen molar-refractivity contribution in [3.63, 3.8) is 0 Å². The van der Waals surface area contributed by atoms with E-state index in [0.717, 1.165) is 6.26 Å². The molecule has 0 bridgehead atoms. The van der Waals surface area contributed by atoms with Gasteiger partial charge in [-0.15, -0.1) is 0 Å². The van der Waals surface area contributed by atoms with Gasteiger partial charge in [0.05, 0.1) is 29.0 Å².